The standard InChI is InChI=1S/C19H28O3/c1-4-14(3)21-16-12-10-15(11-13-16)17-8-6-7-9-18(17)22-19(20)5-2/h10-14,17-18H,4-9H2,1-3H3/t14?,17-,18+/m0/s1. The van der Waals surface area contributed by atoms with Crippen molar-refractivity contribution in [2.75, 3.05) is 0 Å². The summed E-state index contributed by atoms with van der Waals surface area (Å²) in [6.45, 7) is 6.05. The van der Waals surface area contributed by atoms with Crippen LogP contribution in [0.15, 0.2) is 24.3 Å². The first-order valence-corrected chi connectivity index (χ1v) is 8.60. The van der Waals surface area contributed by atoms with Gasteiger partial charge in [0.1, 0.15) is 11.9 Å². The molecule has 0 N–H and O–H groups in total. The highest BCUT2D eigenvalue weighted by molar-refractivity contribution is 5.69. The molecule has 3 atom stereocenters. The van der Waals surface area contributed by atoms with E-state index in [2.05, 4.69) is 26.0 Å². The summed E-state index contributed by atoms with van der Waals surface area (Å²) in [6, 6.07) is 8.32. The molecular formula is C19H28O3. The molecule has 0 spiro atoms. The minimum atomic E-state index is -0.0892. The molecule has 3 heteroatoms. The highest BCUT2D eigenvalue weighted by Gasteiger charge is 2.29. The number of benzene rings is 1. The Morgan fingerprint density at radius 3 is 2.50 bits per heavy atom. The number of hydrogen-bond acceptors (Lipinski definition) is 3. The fourth-order valence-corrected chi connectivity index (χ4v) is 2.98. The first-order valence-electron chi connectivity index (χ1n) is 8.60. The molecule has 1 unspecified atom stereocenters. The van der Waals surface area contributed by atoms with Crippen molar-refractivity contribution in [2.24, 2.45) is 0 Å². The fourth-order valence-electron chi connectivity index (χ4n) is 2.98. The summed E-state index contributed by atoms with van der Waals surface area (Å²) in [5.74, 6) is 1.14. The molecule has 1 fully saturated rings. The van der Waals surface area contributed by atoms with Crippen molar-refractivity contribution in [2.45, 2.75) is 77.4 Å². The van der Waals surface area contributed by atoms with E-state index in [9.17, 15) is 4.79 Å². The second-order valence-electron chi connectivity index (χ2n) is 6.18. The average molecular weight is 304 g/mol. The van der Waals surface area contributed by atoms with Crippen molar-refractivity contribution in [3.05, 3.63) is 29.8 Å². The summed E-state index contributed by atoms with van der Waals surface area (Å²) in [5.41, 5.74) is 1.25. The second kappa shape index (κ2) is 8.21. The Bertz CT molecular complexity index is 466. The molecule has 2 rings (SSSR count). The van der Waals surface area contributed by atoms with Crippen LogP contribution in [-0.4, -0.2) is 18.2 Å². The van der Waals surface area contributed by atoms with Crippen LogP contribution >= 0.6 is 0 Å². The first-order chi connectivity index (χ1) is 10.6. The Labute approximate surface area is 134 Å². The van der Waals surface area contributed by atoms with Crippen molar-refractivity contribution in [1.29, 1.82) is 0 Å². The van der Waals surface area contributed by atoms with E-state index in [0.29, 0.717) is 12.3 Å². The molecular weight excluding hydrogens is 276 g/mol. The van der Waals surface area contributed by atoms with Crippen molar-refractivity contribution >= 4 is 5.97 Å². The third kappa shape index (κ3) is 4.49. The number of hydrogen-bond donors (Lipinski definition) is 0. The van der Waals surface area contributed by atoms with Crippen LogP contribution < -0.4 is 4.74 Å². The summed E-state index contributed by atoms with van der Waals surface area (Å²) in [5, 5.41) is 0. The number of rotatable bonds is 6. The summed E-state index contributed by atoms with van der Waals surface area (Å²) < 4.78 is 11.5. The summed E-state index contributed by atoms with van der Waals surface area (Å²) in [6.07, 6.45) is 6.13. The second-order valence-corrected chi connectivity index (χ2v) is 6.18. The van der Waals surface area contributed by atoms with Crippen molar-refractivity contribution in [3.63, 3.8) is 0 Å². The quantitative estimate of drug-likeness (QED) is 0.705. The van der Waals surface area contributed by atoms with E-state index in [0.717, 1.165) is 31.4 Å². The van der Waals surface area contributed by atoms with Crippen LogP contribution in [0.5, 0.6) is 5.75 Å². The van der Waals surface area contributed by atoms with Gasteiger partial charge in [-0.05, 0) is 50.3 Å². The molecule has 22 heavy (non-hydrogen) atoms. The van der Waals surface area contributed by atoms with Crippen LogP contribution in [0.1, 0.15) is 70.8 Å². The van der Waals surface area contributed by atoms with Gasteiger partial charge < -0.3 is 9.47 Å². The Morgan fingerprint density at radius 2 is 1.86 bits per heavy atom. The van der Waals surface area contributed by atoms with Gasteiger partial charge in [0.15, 0.2) is 0 Å². The number of ether oxygens (including phenoxy) is 2. The smallest absolute Gasteiger partial charge is 0.305 e. The number of esters is 1. The molecule has 1 aromatic rings. The van der Waals surface area contributed by atoms with Gasteiger partial charge in [-0.3, -0.25) is 4.79 Å². The number of carbonyl (C=O) groups is 1. The van der Waals surface area contributed by atoms with Crippen LogP contribution in [0.3, 0.4) is 0 Å². The van der Waals surface area contributed by atoms with E-state index in [4.69, 9.17) is 9.47 Å². The topological polar surface area (TPSA) is 35.5 Å². The summed E-state index contributed by atoms with van der Waals surface area (Å²) >= 11 is 0. The lowest BCUT2D eigenvalue weighted by molar-refractivity contribution is -0.151. The highest BCUT2D eigenvalue weighted by Crippen LogP contribution is 2.36. The SMILES string of the molecule is CCC(=O)O[C@@H]1CCCC[C@H]1c1ccc(OC(C)CC)cc1. The molecule has 122 valence electrons. The number of carbonyl (C=O) groups excluding carboxylic acids is 1. The Hall–Kier alpha value is -1.51. The van der Waals surface area contributed by atoms with E-state index in [-0.39, 0.29) is 18.2 Å². The molecule has 0 aromatic heterocycles. The van der Waals surface area contributed by atoms with Gasteiger partial charge in [0.05, 0.1) is 6.10 Å². The predicted octanol–water partition coefficient (Wildman–Crippen LogP) is 4.84. The zero-order chi connectivity index (χ0) is 15.9. The van der Waals surface area contributed by atoms with Gasteiger partial charge in [-0.2, -0.15) is 0 Å². The normalized spacial score (nSPS) is 22.9. The maximum atomic E-state index is 11.6. The van der Waals surface area contributed by atoms with Crippen LogP contribution in [0, 0.1) is 0 Å². The third-order valence-corrected chi connectivity index (χ3v) is 4.49. The van der Waals surface area contributed by atoms with E-state index in [1.54, 1.807) is 0 Å². The van der Waals surface area contributed by atoms with Gasteiger partial charge in [-0.25, -0.2) is 0 Å². The summed E-state index contributed by atoms with van der Waals surface area (Å²) in [7, 11) is 0. The van der Waals surface area contributed by atoms with Gasteiger partial charge in [-0.15, -0.1) is 0 Å². The Kier molecular flexibility index (Phi) is 6.29. The lowest BCUT2D eigenvalue weighted by Crippen LogP contribution is -2.28. The van der Waals surface area contributed by atoms with Crippen LogP contribution in [0.2, 0.25) is 0 Å². The van der Waals surface area contributed by atoms with Crippen LogP contribution in [0.4, 0.5) is 0 Å². The molecule has 0 heterocycles. The molecule has 0 aliphatic heterocycles. The van der Waals surface area contributed by atoms with Gasteiger partial charge in [-0.1, -0.05) is 32.4 Å². The molecule has 0 amide bonds. The third-order valence-electron chi connectivity index (χ3n) is 4.49. The van der Waals surface area contributed by atoms with E-state index in [1.807, 2.05) is 19.1 Å². The lowest BCUT2D eigenvalue weighted by atomic mass is 9.81. The van der Waals surface area contributed by atoms with Crippen molar-refractivity contribution in [3.8, 4) is 5.75 Å². The molecule has 1 aliphatic carbocycles. The van der Waals surface area contributed by atoms with Gasteiger partial charge in [0.25, 0.3) is 0 Å². The van der Waals surface area contributed by atoms with Crippen LogP contribution in [0.25, 0.3) is 0 Å². The summed E-state index contributed by atoms with van der Waals surface area (Å²) in [4.78, 5) is 11.6. The van der Waals surface area contributed by atoms with Gasteiger partial charge in [0, 0.05) is 12.3 Å². The zero-order valence-corrected chi connectivity index (χ0v) is 14.0. The maximum absolute atomic E-state index is 11.6. The molecule has 0 saturated heterocycles. The van der Waals surface area contributed by atoms with Crippen molar-refractivity contribution in [1.82, 2.24) is 0 Å². The molecule has 1 aliphatic rings. The van der Waals surface area contributed by atoms with E-state index in [1.165, 1.54) is 12.0 Å². The van der Waals surface area contributed by atoms with Crippen LogP contribution in [-0.2, 0) is 9.53 Å². The Balaban J connectivity index is 2.05. The van der Waals surface area contributed by atoms with E-state index >= 15 is 0 Å². The maximum Gasteiger partial charge on any atom is 0.305 e. The molecule has 1 aromatic carbocycles. The highest BCUT2D eigenvalue weighted by atomic mass is 16.5. The van der Waals surface area contributed by atoms with Gasteiger partial charge >= 0.3 is 5.97 Å². The minimum Gasteiger partial charge on any atom is -0.491 e. The van der Waals surface area contributed by atoms with E-state index < -0.39 is 0 Å². The average Bonchev–Trinajstić information content (AvgIpc) is 2.56. The fraction of sp³-hybridized carbons (Fsp3) is 0.632. The Morgan fingerprint density at radius 1 is 1.18 bits per heavy atom. The monoisotopic (exact) mass is 304 g/mol. The minimum absolute atomic E-state index is 0.0301. The molecule has 0 radical (unpaired) electrons. The largest absolute Gasteiger partial charge is 0.491 e. The van der Waals surface area contributed by atoms with Gasteiger partial charge in [0.2, 0.25) is 0 Å². The predicted molar refractivity (Wildman–Crippen MR) is 88.2 cm³/mol. The first kappa shape index (κ1) is 16.9. The zero-order valence-electron chi connectivity index (χ0n) is 14.0. The molecule has 1 saturated carbocycles. The van der Waals surface area contributed by atoms with Crippen molar-refractivity contribution < 1.29 is 14.3 Å². The molecule has 3 nitrogen and oxygen atoms in total. The lowest BCUT2D eigenvalue weighted by Gasteiger charge is -2.31. The molecule has 0 bridgehead atoms.